The molecular formula is C13H16N2OS. The van der Waals surface area contributed by atoms with Crippen LogP contribution in [-0.2, 0) is 5.75 Å². The summed E-state index contributed by atoms with van der Waals surface area (Å²) in [5.41, 5.74) is 0. The summed E-state index contributed by atoms with van der Waals surface area (Å²) in [6, 6.07) is 9.92. The normalized spacial score (nSPS) is 10.4. The van der Waals surface area contributed by atoms with Crippen LogP contribution in [0.4, 0.5) is 5.82 Å². The molecule has 3 nitrogen and oxygen atoms in total. The second-order valence-electron chi connectivity index (χ2n) is 3.66. The van der Waals surface area contributed by atoms with E-state index in [1.54, 1.807) is 18.0 Å². The molecule has 0 atom stereocenters. The molecule has 0 unspecified atom stereocenters. The van der Waals surface area contributed by atoms with Crippen molar-refractivity contribution in [2.45, 2.75) is 24.1 Å². The molecule has 4 heteroatoms. The maximum atomic E-state index is 5.29. The molecule has 2 aromatic rings. The van der Waals surface area contributed by atoms with Gasteiger partial charge in [0.25, 0.3) is 0 Å². The van der Waals surface area contributed by atoms with Crippen LogP contribution in [-0.4, -0.2) is 11.5 Å². The zero-order chi connectivity index (χ0) is 11.9. The predicted octanol–water partition coefficient (Wildman–Crippen LogP) is 3.79. The Hall–Kier alpha value is -1.42. The molecule has 0 aromatic carbocycles. The van der Waals surface area contributed by atoms with Gasteiger partial charge in [-0.05, 0) is 30.7 Å². The lowest BCUT2D eigenvalue weighted by molar-refractivity contribution is 0.530. The van der Waals surface area contributed by atoms with E-state index >= 15 is 0 Å². The molecule has 0 saturated carbocycles. The van der Waals surface area contributed by atoms with Crippen molar-refractivity contribution in [2.75, 3.05) is 11.9 Å². The van der Waals surface area contributed by atoms with E-state index in [1.807, 2.05) is 30.3 Å². The summed E-state index contributed by atoms with van der Waals surface area (Å²) in [6.45, 7) is 3.10. The average Bonchev–Trinajstić information content (AvgIpc) is 2.87. The van der Waals surface area contributed by atoms with Crippen molar-refractivity contribution in [1.82, 2.24) is 4.98 Å². The quantitative estimate of drug-likeness (QED) is 0.789. The zero-order valence-electron chi connectivity index (χ0n) is 9.85. The highest BCUT2D eigenvalue weighted by atomic mass is 32.2. The first-order chi connectivity index (χ1) is 8.38. The van der Waals surface area contributed by atoms with Crippen LogP contribution in [0.5, 0.6) is 0 Å². The van der Waals surface area contributed by atoms with Gasteiger partial charge in [0.05, 0.1) is 17.0 Å². The SMILES string of the molecule is CCCNc1cccc(SCc2ccco2)n1. The van der Waals surface area contributed by atoms with Gasteiger partial charge in [0, 0.05) is 6.54 Å². The molecule has 0 aliphatic carbocycles. The molecule has 0 spiro atoms. The van der Waals surface area contributed by atoms with Crippen molar-refractivity contribution in [3.05, 3.63) is 42.4 Å². The molecule has 17 heavy (non-hydrogen) atoms. The Morgan fingerprint density at radius 1 is 1.29 bits per heavy atom. The molecule has 0 amide bonds. The number of hydrogen-bond acceptors (Lipinski definition) is 4. The number of anilines is 1. The van der Waals surface area contributed by atoms with E-state index in [0.29, 0.717) is 0 Å². The fraction of sp³-hybridized carbons (Fsp3) is 0.308. The van der Waals surface area contributed by atoms with E-state index in [-0.39, 0.29) is 0 Å². The monoisotopic (exact) mass is 248 g/mol. The van der Waals surface area contributed by atoms with E-state index in [1.165, 1.54) is 0 Å². The third-order valence-electron chi connectivity index (χ3n) is 2.22. The molecule has 0 bridgehead atoms. The second-order valence-corrected chi connectivity index (χ2v) is 4.65. The lowest BCUT2D eigenvalue weighted by Gasteiger charge is -2.05. The number of pyridine rings is 1. The highest BCUT2D eigenvalue weighted by Gasteiger charge is 2.00. The highest BCUT2D eigenvalue weighted by molar-refractivity contribution is 7.98. The van der Waals surface area contributed by atoms with Gasteiger partial charge >= 0.3 is 0 Å². The van der Waals surface area contributed by atoms with E-state index in [9.17, 15) is 0 Å². The summed E-state index contributed by atoms with van der Waals surface area (Å²) >= 11 is 1.68. The van der Waals surface area contributed by atoms with Gasteiger partial charge in [0.15, 0.2) is 0 Å². The molecule has 0 aliphatic heterocycles. The molecule has 0 fully saturated rings. The Morgan fingerprint density at radius 3 is 3.00 bits per heavy atom. The standard InChI is InChI=1S/C13H16N2OS/c1-2-8-14-12-6-3-7-13(15-12)17-10-11-5-4-9-16-11/h3-7,9H,2,8,10H2,1H3,(H,14,15). The first-order valence-electron chi connectivity index (χ1n) is 5.74. The van der Waals surface area contributed by atoms with Gasteiger partial charge in [-0.15, -0.1) is 0 Å². The lowest BCUT2D eigenvalue weighted by atomic mass is 10.4. The maximum absolute atomic E-state index is 5.29. The zero-order valence-corrected chi connectivity index (χ0v) is 10.7. The largest absolute Gasteiger partial charge is 0.468 e. The Bertz CT molecular complexity index is 442. The van der Waals surface area contributed by atoms with Gasteiger partial charge < -0.3 is 9.73 Å². The minimum absolute atomic E-state index is 0.817. The molecular weight excluding hydrogens is 232 g/mol. The first-order valence-corrected chi connectivity index (χ1v) is 6.73. The van der Waals surface area contributed by atoms with Gasteiger partial charge in [-0.2, -0.15) is 0 Å². The van der Waals surface area contributed by atoms with Crippen molar-refractivity contribution in [2.24, 2.45) is 0 Å². The van der Waals surface area contributed by atoms with Gasteiger partial charge in [0.2, 0.25) is 0 Å². The van der Waals surface area contributed by atoms with E-state index in [0.717, 1.165) is 35.3 Å². The minimum Gasteiger partial charge on any atom is -0.468 e. The Kier molecular flexibility index (Phi) is 4.50. The summed E-state index contributed by atoms with van der Waals surface area (Å²) in [5, 5.41) is 4.30. The Morgan fingerprint density at radius 2 is 2.24 bits per heavy atom. The van der Waals surface area contributed by atoms with Crippen LogP contribution in [0.15, 0.2) is 46.0 Å². The number of rotatable bonds is 6. The predicted molar refractivity (Wildman–Crippen MR) is 71.3 cm³/mol. The summed E-state index contributed by atoms with van der Waals surface area (Å²) in [7, 11) is 0. The second kappa shape index (κ2) is 6.35. The summed E-state index contributed by atoms with van der Waals surface area (Å²) in [4.78, 5) is 4.52. The summed E-state index contributed by atoms with van der Waals surface area (Å²) in [6.07, 6.45) is 2.80. The fourth-order valence-corrected chi connectivity index (χ4v) is 2.18. The van der Waals surface area contributed by atoms with Crippen molar-refractivity contribution in [3.8, 4) is 0 Å². The van der Waals surface area contributed by atoms with Gasteiger partial charge in [-0.1, -0.05) is 24.8 Å². The van der Waals surface area contributed by atoms with Crippen molar-refractivity contribution < 1.29 is 4.42 Å². The van der Waals surface area contributed by atoms with Crippen LogP contribution >= 0.6 is 11.8 Å². The van der Waals surface area contributed by atoms with E-state index in [4.69, 9.17) is 4.42 Å². The van der Waals surface area contributed by atoms with E-state index in [2.05, 4.69) is 17.2 Å². The van der Waals surface area contributed by atoms with Crippen molar-refractivity contribution in [3.63, 3.8) is 0 Å². The highest BCUT2D eigenvalue weighted by Crippen LogP contribution is 2.22. The summed E-state index contributed by atoms with van der Waals surface area (Å²) in [5.74, 6) is 2.73. The third kappa shape index (κ3) is 3.82. The fourth-order valence-electron chi connectivity index (χ4n) is 1.39. The van der Waals surface area contributed by atoms with Crippen LogP contribution in [0.2, 0.25) is 0 Å². The van der Waals surface area contributed by atoms with Crippen LogP contribution in [0.3, 0.4) is 0 Å². The average molecular weight is 248 g/mol. The van der Waals surface area contributed by atoms with Crippen molar-refractivity contribution >= 4 is 17.6 Å². The van der Waals surface area contributed by atoms with E-state index < -0.39 is 0 Å². The number of nitrogens with zero attached hydrogens (tertiary/aromatic N) is 1. The number of furan rings is 1. The van der Waals surface area contributed by atoms with Crippen molar-refractivity contribution in [1.29, 1.82) is 0 Å². The van der Waals surface area contributed by atoms with Gasteiger partial charge in [-0.25, -0.2) is 4.98 Å². The summed E-state index contributed by atoms with van der Waals surface area (Å²) < 4.78 is 5.29. The van der Waals surface area contributed by atoms with Gasteiger partial charge in [-0.3, -0.25) is 0 Å². The van der Waals surface area contributed by atoms with Crippen LogP contribution in [0, 0.1) is 0 Å². The maximum Gasteiger partial charge on any atom is 0.127 e. The number of aromatic nitrogens is 1. The van der Waals surface area contributed by atoms with Crippen LogP contribution < -0.4 is 5.32 Å². The molecule has 2 rings (SSSR count). The lowest BCUT2D eigenvalue weighted by Crippen LogP contribution is -2.01. The number of hydrogen-bond donors (Lipinski definition) is 1. The topological polar surface area (TPSA) is 38.1 Å². The smallest absolute Gasteiger partial charge is 0.127 e. The molecule has 0 radical (unpaired) electrons. The van der Waals surface area contributed by atoms with Gasteiger partial charge in [0.1, 0.15) is 11.6 Å². The molecule has 90 valence electrons. The molecule has 0 saturated heterocycles. The Labute approximate surface area is 106 Å². The minimum atomic E-state index is 0.817. The first kappa shape index (κ1) is 12.0. The molecule has 1 N–H and O–H groups in total. The Balaban J connectivity index is 1.91. The van der Waals surface area contributed by atoms with Crippen LogP contribution in [0.1, 0.15) is 19.1 Å². The molecule has 0 aliphatic rings. The number of thioether (sulfide) groups is 1. The molecule has 2 aromatic heterocycles. The number of nitrogens with one attached hydrogen (secondary N) is 1. The third-order valence-corrected chi connectivity index (χ3v) is 3.17. The van der Waals surface area contributed by atoms with Crippen LogP contribution in [0.25, 0.3) is 0 Å². The molecule has 2 heterocycles.